The Kier molecular flexibility index (Phi) is 5.19. The fourth-order valence-electron chi connectivity index (χ4n) is 2.25. The highest BCUT2D eigenvalue weighted by molar-refractivity contribution is 9.10. The molecule has 0 amide bonds. The Morgan fingerprint density at radius 3 is 2.29 bits per heavy atom. The summed E-state index contributed by atoms with van der Waals surface area (Å²) >= 11 is 9.44. The van der Waals surface area contributed by atoms with Crippen molar-refractivity contribution in [3.8, 4) is 5.75 Å². The van der Waals surface area contributed by atoms with Crippen LogP contribution in [0.5, 0.6) is 5.75 Å². The van der Waals surface area contributed by atoms with Crippen LogP contribution in [0.3, 0.4) is 0 Å². The van der Waals surface area contributed by atoms with Gasteiger partial charge in [-0.1, -0.05) is 11.6 Å². The fourth-order valence-corrected chi connectivity index (χ4v) is 3.25. The molecule has 0 aliphatic rings. The molecule has 2 nitrogen and oxygen atoms in total. The molecule has 21 heavy (non-hydrogen) atoms. The maximum atomic E-state index is 13.4. The van der Waals surface area contributed by atoms with Crippen LogP contribution in [-0.4, -0.2) is 14.2 Å². The number of benzene rings is 2. The molecule has 1 N–H and O–H groups in total. The van der Waals surface area contributed by atoms with Crippen molar-refractivity contribution in [1.29, 1.82) is 0 Å². The first-order valence-electron chi connectivity index (χ1n) is 6.12. The van der Waals surface area contributed by atoms with Gasteiger partial charge in [0.15, 0.2) is 0 Å². The second kappa shape index (κ2) is 6.73. The summed E-state index contributed by atoms with van der Waals surface area (Å²) in [5.41, 5.74) is 1.13. The first kappa shape index (κ1) is 16.2. The second-order valence-electron chi connectivity index (χ2n) is 4.43. The van der Waals surface area contributed by atoms with Crippen molar-refractivity contribution >= 4 is 27.5 Å². The molecule has 0 heterocycles. The topological polar surface area (TPSA) is 21.3 Å². The normalized spacial score (nSPS) is 12.3. The van der Waals surface area contributed by atoms with Crippen molar-refractivity contribution in [2.75, 3.05) is 14.2 Å². The monoisotopic (exact) mass is 375 g/mol. The van der Waals surface area contributed by atoms with E-state index in [0.29, 0.717) is 26.4 Å². The number of rotatable bonds is 4. The maximum absolute atomic E-state index is 13.4. The molecule has 2 rings (SSSR count). The van der Waals surface area contributed by atoms with Gasteiger partial charge in [-0.25, -0.2) is 8.78 Å². The Labute approximate surface area is 135 Å². The van der Waals surface area contributed by atoms with Gasteiger partial charge >= 0.3 is 0 Å². The first-order chi connectivity index (χ1) is 9.96. The minimum absolute atomic E-state index is 0.447. The zero-order chi connectivity index (χ0) is 15.6. The van der Waals surface area contributed by atoms with Crippen LogP contribution in [0.4, 0.5) is 8.78 Å². The Hall–Kier alpha value is -1.17. The molecular formula is C15H13BrClF2NO. The van der Waals surface area contributed by atoms with Crippen LogP contribution in [0, 0.1) is 11.6 Å². The molecule has 0 saturated carbocycles. The van der Waals surface area contributed by atoms with Gasteiger partial charge in [-0.15, -0.1) is 0 Å². The Morgan fingerprint density at radius 2 is 1.76 bits per heavy atom. The Balaban J connectivity index is 2.61. The maximum Gasteiger partial charge on any atom is 0.138 e. The highest BCUT2D eigenvalue weighted by Gasteiger charge is 2.20. The molecule has 0 radical (unpaired) electrons. The van der Waals surface area contributed by atoms with Crippen LogP contribution in [0.15, 0.2) is 34.8 Å². The van der Waals surface area contributed by atoms with E-state index in [1.54, 1.807) is 19.2 Å². The molecule has 6 heteroatoms. The molecule has 0 spiro atoms. The van der Waals surface area contributed by atoms with Crippen molar-refractivity contribution in [2.24, 2.45) is 0 Å². The summed E-state index contributed by atoms with van der Waals surface area (Å²) in [6.45, 7) is 0. The van der Waals surface area contributed by atoms with Gasteiger partial charge in [0.05, 0.1) is 17.6 Å². The summed E-state index contributed by atoms with van der Waals surface area (Å²) in [7, 11) is 3.22. The van der Waals surface area contributed by atoms with E-state index in [9.17, 15) is 8.78 Å². The largest absolute Gasteiger partial charge is 0.495 e. The van der Waals surface area contributed by atoms with Gasteiger partial charge in [0.1, 0.15) is 17.4 Å². The predicted octanol–water partition coefficient (Wildman–Crippen LogP) is 4.70. The molecule has 1 unspecified atom stereocenters. The van der Waals surface area contributed by atoms with Gasteiger partial charge in [-0.3, -0.25) is 0 Å². The van der Waals surface area contributed by atoms with E-state index in [1.807, 2.05) is 0 Å². The van der Waals surface area contributed by atoms with E-state index in [4.69, 9.17) is 16.3 Å². The third-order valence-electron chi connectivity index (χ3n) is 3.06. The second-order valence-corrected chi connectivity index (χ2v) is 5.73. The molecular weight excluding hydrogens is 364 g/mol. The lowest BCUT2D eigenvalue weighted by Gasteiger charge is -2.21. The van der Waals surface area contributed by atoms with Crippen LogP contribution < -0.4 is 10.1 Å². The molecule has 0 aromatic heterocycles. The van der Waals surface area contributed by atoms with E-state index in [2.05, 4.69) is 21.2 Å². The zero-order valence-electron chi connectivity index (χ0n) is 11.4. The molecule has 0 aliphatic carbocycles. The van der Waals surface area contributed by atoms with E-state index in [-0.39, 0.29) is 0 Å². The van der Waals surface area contributed by atoms with Gasteiger partial charge < -0.3 is 10.1 Å². The van der Waals surface area contributed by atoms with Crippen LogP contribution >= 0.6 is 27.5 Å². The average molecular weight is 377 g/mol. The molecule has 2 aromatic rings. The fraction of sp³-hybridized carbons (Fsp3) is 0.200. The molecule has 0 fully saturated rings. The van der Waals surface area contributed by atoms with Crippen molar-refractivity contribution in [2.45, 2.75) is 6.04 Å². The van der Waals surface area contributed by atoms with Crippen molar-refractivity contribution in [3.05, 3.63) is 62.6 Å². The van der Waals surface area contributed by atoms with Crippen LogP contribution in [0.25, 0.3) is 0 Å². The summed E-state index contributed by atoms with van der Waals surface area (Å²) in [6, 6.07) is 6.33. The minimum Gasteiger partial charge on any atom is -0.495 e. The quantitative estimate of drug-likeness (QED) is 0.835. The minimum atomic E-state index is -0.634. The summed E-state index contributed by atoms with van der Waals surface area (Å²) in [5, 5.41) is 3.52. The molecule has 1 atom stereocenters. The number of nitrogens with one attached hydrogen (secondary N) is 1. The number of hydrogen-bond acceptors (Lipinski definition) is 2. The summed E-state index contributed by atoms with van der Waals surface area (Å²) in [4.78, 5) is 0. The van der Waals surface area contributed by atoms with Crippen LogP contribution in [0.1, 0.15) is 17.2 Å². The molecule has 112 valence electrons. The highest BCUT2D eigenvalue weighted by Crippen LogP contribution is 2.38. The lowest BCUT2D eigenvalue weighted by atomic mass is 9.97. The number of ether oxygens (including phenoxy) is 1. The van der Waals surface area contributed by atoms with Gasteiger partial charge in [0.25, 0.3) is 0 Å². The Morgan fingerprint density at radius 1 is 1.14 bits per heavy atom. The lowest BCUT2D eigenvalue weighted by molar-refractivity contribution is 0.402. The first-order valence-corrected chi connectivity index (χ1v) is 7.29. The highest BCUT2D eigenvalue weighted by atomic mass is 79.9. The molecule has 0 saturated heterocycles. The third kappa shape index (κ3) is 3.54. The van der Waals surface area contributed by atoms with Gasteiger partial charge in [-0.05, 0) is 52.8 Å². The van der Waals surface area contributed by atoms with E-state index < -0.39 is 17.7 Å². The average Bonchev–Trinajstić information content (AvgIpc) is 2.38. The lowest BCUT2D eigenvalue weighted by Crippen LogP contribution is -2.19. The van der Waals surface area contributed by atoms with Crippen molar-refractivity contribution in [1.82, 2.24) is 5.32 Å². The summed E-state index contributed by atoms with van der Waals surface area (Å²) in [5.74, 6) is -0.709. The van der Waals surface area contributed by atoms with Crippen LogP contribution in [0.2, 0.25) is 5.02 Å². The van der Waals surface area contributed by atoms with Gasteiger partial charge in [0.2, 0.25) is 0 Å². The zero-order valence-corrected chi connectivity index (χ0v) is 13.7. The molecule has 0 aliphatic heterocycles. The molecule has 2 aromatic carbocycles. The summed E-state index contributed by atoms with van der Waals surface area (Å²) in [6.07, 6.45) is 0. The number of methoxy groups -OCH3 is 1. The van der Waals surface area contributed by atoms with E-state index in [0.717, 1.165) is 6.07 Å². The van der Waals surface area contributed by atoms with E-state index in [1.165, 1.54) is 19.2 Å². The van der Waals surface area contributed by atoms with Crippen molar-refractivity contribution < 1.29 is 13.5 Å². The van der Waals surface area contributed by atoms with Crippen molar-refractivity contribution in [3.63, 3.8) is 0 Å². The van der Waals surface area contributed by atoms with E-state index >= 15 is 0 Å². The standard InChI is InChI=1S/C15H13BrClF2NO/c1-20-14(8-3-10(18)7-11(19)4-8)12-5-9(17)6-13(16)15(12)21-2/h3-7,14,20H,1-2H3. The number of hydrogen-bond donors (Lipinski definition) is 1. The SMILES string of the molecule is CNC(c1cc(F)cc(F)c1)c1cc(Cl)cc(Br)c1OC. The predicted molar refractivity (Wildman–Crippen MR) is 83.0 cm³/mol. The Bertz CT molecular complexity index is 646. The smallest absolute Gasteiger partial charge is 0.138 e. The van der Waals surface area contributed by atoms with Gasteiger partial charge in [-0.2, -0.15) is 0 Å². The van der Waals surface area contributed by atoms with Crippen LogP contribution in [-0.2, 0) is 0 Å². The molecule has 0 bridgehead atoms. The summed E-state index contributed by atoms with van der Waals surface area (Å²) < 4.78 is 32.9. The third-order valence-corrected chi connectivity index (χ3v) is 3.87. The van der Waals surface area contributed by atoms with Gasteiger partial charge in [0, 0.05) is 16.7 Å². The number of halogens is 4.